The molecule has 84 valence electrons. The SMILES string of the molecule is [2H]C([2H])(O)C([2H])(O)C([2H])([2H])Oc1cccc2ccccc12. The normalized spacial score (nSPS) is 21.0. The predicted octanol–water partition coefficient (Wildman–Crippen LogP) is 1.57. The Morgan fingerprint density at radius 3 is 2.81 bits per heavy atom. The highest BCUT2D eigenvalue weighted by Gasteiger charge is 2.05. The Balaban J connectivity index is 2.44. The fraction of sp³-hybridized carbons (Fsp3) is 0.231. The summed E-state index contributed by atoms with van der Waals surface area (Å²) in [5, 5.41) is 20.1. The summed E-state index contributed by atoms with van der Waals surface area (Å²) in [6, 6.07) is 11.7. The number of fused-ring (bicyclic) bond motifs is 1. The van der Waals surface area contributed by atoms with E-state index in [1.165, 1.54) is 6.07 Å². The van der Waals surface area contributed by atoms with E-state index in [4.69, 9.17) is 16.7 Å². The molecule has 1 atom stereocenters. The second-order valence-electron chi connectivity index (χ2n) is 3.14. The van der Waals surface area contributed by atoms with Gasteiger partial charge in [-0.05, 0) is 11.5 Å². The van der Waals surface area contributed by atoms with Gasteiger partial charge in [-0.1, -0.05) is 36.4 Å². The fourth-order valence-electron chi connectivity index (χ4n) is 1.41. The first-order valence-electron chi connectivity index (χ1n) is 7.18. The lowest BCUT2D eigenvalue weighted by Gasteiger charge is -2.11. The highest BCUT2D eigenvalue weighted by molar-refractivity contribution is 5.88. The van der Waals surface area contributed by atoms with Gasteiger partial charge in [-0.15, -0.1) is 0 Å². The third-order valence-electron chi connectivity index (χ3n) is 2.11. The van der Waals surface area contributed by atoms with E-state index in [0.29, 0.717) is 5.39 Å². The minimum Gasteiger partial charge on any atom is -0.490 e. The van der Waals surface area contributed by atoms with Crippen molar-refractivity contribution >= 4 is 10.8 Å². The number of hydrogen-bond donors (Lipinski definition) is 2. The van der Waals surface area contributed by atoms with Crippen LogP contribution >= 0.6 is 0 Å². The lowest BCUT2D eigenvalue weighted by Crippen LogP contribution is -2.21. The van der Waals surface area contributed by atoms with Crippen molar-refractivity contribution in [2.75, 3.05) is 13.1 Å². The number of benzene rings is 2. The first kappa shape index (κ1) is 6.23. The summed E-state index contributed by atoms with van der Waals surface area (Å²) in [7, 11) is 0. The Kier molecular flexibility index (Phi) is 1.93. The van der Waals surface area contributed by atoms with Crippen LogP contribution in [0.25, 0.3) is 10.8 Å². The van der Waals surface area contributed by atoms with Crippen molar-refractivity contribution in [2.24, 2.45) is 0 Å². The zero-order valence-corrected chi connectivity index (χ0v) is 8.34. The molecular weight excluding hydrogens is 204 g/mol. The number of hydrogen-bond acceptors (Lipinski definition) is 3. The van der Waals surface area contributed by atoms with E-state index in [1.54, 1.807) is 36.4 Å². The molecular formula is C13H14O3. The number of ether oxygens (including phenoxy) is 1. The molecule has 2 N–H and O–H groups in total. The van der Waals surface area contributed by atoms with E-state index in [0.717, 1.165) is 5.39 Å². The van der Waals surface area contributed by atoms with Crippen molar-refractivity contribution in [3.63, 3.8) is 0 Å². The molecule has 0 aliphatic heterocycles. The summed E-state index contributed by atoms with van der Waals surface area (Å²) in [5.74, 6) is 0.0352. The van der Waals surface area contributed by atoms with E-state index < -0.39 is 19.2 Å². The molecule has 0 fully saturated rings. The van der Waals surface area contributed by atoms with Crippen molar-refractivity contribution in [3.05, 3.63) is 42.5 Å². The van der Waals surface area contributed by atoms with E-state index in [9.17, 15) is 5.11 Å². The Labute approximate surface area is 101 Å². The van der Waals surface area contributed by atoms with Crippen LogP contribution in [0.2, 0.25) is 0 Å². The molecule has 3 nitrogen and oxygen atoms in total. The first-order chi connectivity index (χ1) is 9.56. The van der Waals surface area contributed by atoms with Gasteiger partial charge in [-0.25, -0.2) is 0 Å². The molecule has 2 aromatic rings. The van der Waals surface area contributed by atoms with Crippen molar-refractivity contribution in [1.29, 1.82) is 0 Å². The average Bonchev–Trinajstić information content (AvgIpc) is 2.37. The first-order valence-corrected chi connectivity index (χ1v) is 4.68. The molecule has 0 radical (unpaired) electrons. The Morgan fingerprint density at radius 2 is 2.00 bits per heavy atom. The summed E-state index contributed by atoms with van der Waals surface area (Å²) < 4.78 is 41.5. The van der Waals surface area contributed by atoms with E-state index >= 15 is 0 Å². The third kappa shape index (κ3) is 2.32. The van der Waals surface area contributed by atoms with Gasteiger partial charge in [-0.2, -0.15) is 0 Å². The molecule has 0 aliphatic carbocycles. The highest BCUT2D eigenvalue weighted by Crippen LogP contribution is 2.25. The van der Waals surface area contributed by atoms with Gasteiger partial charge in [0.2, 0.25) is 0 Å². The number of aliphatic hydroxyl groups is 2. The standard InChI is InChI=1S/C13H14O3/c14-8-11(15)9-16-13-7-3-5-10-4-1-2-6-12(10)13/h1-7,11,14-15H,8-9H2/i8D2,9D2,11D. The van der Waals surface area contributed by atoms with Gasteiger partial charge in [0, 0.05) is 5.39 Å². The highest BCUT2D eigenvalue weighted by atomic mass is 16.5. The Morgan fingerprint density at radius 1 is 1.25 bits per heavy atom. The molecule has 0 aromatic heterocycles. The molecule has 0 aliphatic rings. The van der Waals surface area contributed by atoms with Crippen LogP contribution in [0.5, 0.6) is 5.75 Å². The Hall–Kier alpha value is -1.58. The maximum atomic E-state index is 9.65. The summed E-state index contributed by atoms with van der Waals surface area (Å²) in [5.41, 5.74) is 0. The van der Waals surface area contributed by atoms with Gasteiger partial charge in [0.05, 0.1) is 13.4 Å². The van der Waals surface area contributed by atoms with Crippen LogP contribution in [0.1, 0.15) is 6.85 Å². The molecule has 16 heavy (non-hydrogen) atoms. The van der Waals surface area contributed by atoms with Gasteiger partial charge in [0.1, 0.15) is 18.4 Å². The van der Waals surface area contributed by atoms with Crippen molar-refractivity contribution in [1.82, 2.24) is 0 Å². The minimum atomic E-state index is -3.50. The molecule has 2 rings (SSSR count). The monoisotopic (exact) mass is 223 g/mol. The number of rotatable bonds is 4. The lowest BCUT2D eigenvalue weighted by atomic mass is 10.1. The zero-order chi connectivity index (χ0) is 15.9. The van der Waals surface area contributed by atoms with Gasteiger partial charge in [-0.3, -0.25) is 0 Å². The van der Waals surface area contributed by atoms with Crippen molar-refractivity contribution < 1.29 is 21.8 Å². The van der Waals surface area contributed by atoms with Gasteiger partial charge < -0.3 is 14.9 Å². The molecule has 1 unspecified atom stereocenters. The second kappa shape index (κ2) is 4.96. The summed E-state index contributed by atoms with van der Waals surface area (Å²) in [6.07, 6.45) is -3.50. The smallest absolute Gasteiger partial charge is 0.127 e. The molecule has 0 heterocycles. The van der Waals surface area contributed by atoms with Crippen LogP contribution in [-0.4, -0.2) is 29.4 Å². The molecule has 0 saturated carbocycles. The average molecular weight is 223 g/mol. The van der Waals surface area contributed by atoms with Gasteiger partial charge in [0.15, 0.2) is 0 Å². The quantitative estimate of drug-likeness (QED) is 0.827. The molecule has 3 heteroatoms. The minimum absolute atomic E-state index is 0.0352. The van der Waals surface area contributed by atoms with Crippen molar-refractivity contribution in [2.45, 2.75) is 6.08 Å². The fourth-order valence-corrected chi connectivity index (χ4v) is 1.41. The van der Waals surface area contributed by atoms with E-state index in [1.807, 2.05) is 0 Å². The second-order valence-corrected chi connectivity index (χ2v) is 3.14. The molecule has 0 amide bonds. The zero-order valence-electron chi connectivity index (χ0n) is 13.3. The van der Waals surface area contributed by atoms with Gasteiger partial charge in [0.25, 0.3) is 0 Å². The van der Waals surface area contributed by atoms with Gasteiger partial charge >= 0.3 is 0 Å². The topological polar surface area (TPSA) is 49.7 Å². The van der Waals surface area contributed by atoms with E-state index in [-0.39, 0.29) is 5.75 Å². The van der Waals surface area contributed by atoms with Crippen LogP contribution < -0.4 is 4.74 Å². The molecule has 2 aromatic carbocycles. The summed E-state index contributed by atoms with van der Waals surface area (Å²) in [6.45, 7) is -6.67. The maximum Gasteiger partial charge on any atom is 0.127 e. The van der Waals surface area contributed by atoms with Crippen molar-refractivity contribution in [3.8, 4) is 5.75 Å². The molecule has 0 bridgehead atoms. The molecule has 0 saturated heterocycles. The predicted molar refractivity (Wildman–Crippen MR) is 62.5 cm³/mol. The summed E-state index contributed by atoms with van der Waals surface area (Å²) >= 11 is 0. The largest absolute Gasteiger partial charge is 0.490 e. The molecule has 0 spiro atoms. The van der Waals surface area contributed by atoms with Crippen LogP contribution in [0.4, 0.5) is 0 Å². The van der Waals surface area contributed by atoms with Crippen LogP contribution in [-0.2, 0) is 0 Å². The summed E-state index contributed by atoms with van der Waals surface area (Å²) in [4.78, 5) is 0. The lowest BCUT2D eigenvalue weighted by molar-refractivity contribution is 0.0541. The van der Waals surface area contributed by atoms with Crippen LogP contribution in [0.3, 0.4) is 0 Å². The van der Waals surface area contributed by atoms with Crippen LogP contribution in [0, 0.1) is 0 Å². The van der Waals surface area contributed by atoms with Crippen LogP contribution in [0.15, 0.2) is 42.5 Å². The third-order valence-corrected chi connectivity index (χ3v) is 2.11. The maximum absolute atomic E-state index is 9.65. The van der Waals surface area contributed by atoms with E-state index in [2.05, 4.69) is 0 Å². The Bertz CT molecular complexity index is 646.